The lowest BCUT2D eigenvalue weighted by Crippen LogP contribution is -2.15. The summed E-state index contributed by atoms with van der Waals surface area (Å²) in [6.45, 7) is 1.93. The number of rotatable bonds is 5. The Bertz CT molecular complexity index is 814. The van der Waals surface area contributed by atoms with E-state index in [2.05, 4.69) is 15.2 Å². The summed E-state index contributed by atoms with van der Waals surface area (Å²) in [6.07, 6.45) is 1.37. The van der Waals surface area contributed by atoms with Crippen molar-refractivity contribution in [3.8, 4) is 11.5 Å². The molecule has 2 aromatic heterocycles. The number of esters is 1. The summed E-state index contributed by atoms with van der Waals surface area (Å²) in [5.74, 6) is -0.835. The minimum absolute atomic E-state index is 0.0203. The van der Waals surface area contributed by atoms with Crippen molar-refractivity contribution in [1.29, 1.82) is 0 Å². The number of hydrogen-bond acceptors (Lipinski definition) is 6. The van der Waals surface area contributed by atoms with Crippen molar-refractivity contribution in [3.63, 3.8) is 0 Å². The fourth-order valence-corrected chi connectivity index (χ4v) is 2.02. The second-order valence-corrected chi connectivity index (χ2v) is 4.61. The van der Waals surface area contributed by atoms with Gasteiger partial charge in [0.2, 0.25) is 11.6 Å². The van der Waals surface area contributed by atoms with Gasteiger partial charge in [0.25, 0.3) is 0 Å². The standard InChI is InChI=1S/C15H13FN4O3/c1-2-22-15(21)14-17-13(12-7-8-23-19-12)18-20(14)9-10-5-3-4-6-11(10)16/h3-8H,2,9H2,1H3. The molecule has 0 aliphatic rings. The number of carbonyl (C=O) groups is 1. The van der Waals surface area contributed by atoms with Crippen LogP contribution in [0.3, 0.4) is 0 Å². The number of benzene rings is 1. The van der Waals surface area contributed by atoms with Gasteiger partial charge in [-0.15, -0.1) is 5.10 Å². The first-order valence-electron chi connectivity index (χ1n) is 6.95. The van der Waals surface area contributed by atoms with Gasteiger partial charge in [-0.2, -0.15) is 4.98 Å². The van der Waals surface area contributed by atoms with E-state index in [4.69, 9.17) is 9.26 Å². The molecule has 0 N–H and O–H groups in total. The fraction of sp³-hybridized carbons (Fsp3) is 0.200. The van der Waals surface area contributed by atoms with Crippen LogP contribution < -0.4 is 0 Å². The molecule has 0 saturated heterocycles. The molecule has 0 aliphatic heterocycles. The first-order valence-corrected chi connectivity index (χ1v) is 6.95. The van der Waals surface area contributed by atoms with Gasteiger partial charge in [-0.1, -0.05) is 23.4 Å². The Labute approximate surface area is 130 Å². The third-order valence-electron chi connectivity index (χ3n) is 3.07. The Balaban J connectivity index is 2.00. The van der Waals surface area contributed by atoms with E-state index >= 15 is 0 Å². The highest BCUT2D eigenvalue weighted by Gasteiger charge is 2.21. The lowest BCUT2D eigenvalue weighted by molar-refractivity contribution is 0.0505. The van der Waals surface area contributed by atoms with Crippen LogP contribution in [0.15, 0.2) is 41.1 Å². The summed E-state index contributed by atoms with van der Waals surface area (Å²) < 4.78 is 24.8. The molecule has 0 bridgehead atoms. The number of hydrogen-bond donors (Lipinski definition) is 0. The van der Waals surface area contributed by atoms with E-state index in [0.717, 1.165) is 0 Å². The van der Waals surface area contributed by atoms with Crippen LogP contribution in [-0.2, 0) is 11.3 Å². The van der Waals surface area contributed by atoms with Crippen LogP contribution >= 0.6 is 0 Å². The van der Waals surface area contributed by atoms with Gasteiger partial charge in [0.15, 0.2) is 5.69 Å². The number of nitrogens with zero attached hydrogens (tertiary/aromatic N) is 4. The molecule has 0 radical (unpaired) electrons. The molecule has 0 amide bonds. The van der Waals surface area contributed by atoms with Gasteiger partial charge in [0, 0.05) is 11.6 Å². The molecular formula is C15H13FN4O3. The summed E-state index contributed by atoms with van der Waals surface area (Å²) in [4.78, 5) is 16.2. The van der Waals surface area contributed by atoms with Crippen molar-refractivity contribution >= 4 is 5.97 Å². The summed E-state index contributed by atoms with van der Waals surface area (Å²) in [6, 6.07) is 7.82. The number of ether oxygens (including phenoxy) is 1. The second-order valence-electron chi connectivity index (χ2n) is 4.61. The highest BCUT2D eigenvalue weighted by Crippen LogP contribution is 2.16. The quantitative estimate of drug-likeness (QED) is 0.672. The van der Waals surface area contributed by atoms with Crippen LogP contribution in [0, 0.1) is 5.82 Å². The minimum Gasteiger partial charge on any atom is -0.460 e. The monoisotopic (exact) mass is 316 g/mol. The summed E-state index contributed by atoms with van der Waals surface area (Å²) in [5.41, 5.74) is 0.762. The molecule has 3 rings (SSSR count). The predicted molar refractivity (Wildman–Crippen MR) is 77.0 cm³/mol. The maximum atomic E-state index is 13.8. The van der Waals surface area contributed by atoms with Gasteiger partial charge in [0.05, 0.1) is 13.2 Å². The number of halogens is 1. The van der Waals surface area contributed by atoms with Gasteiger partial charge in [-0.25, -0.2) is 13.9 Å². The highest BCUT2D eigenvalue weighted by atomic mass is 19.1. The van der Waals surface area contributed by atoms with E-state index in [-0.39, 0.29) is 30.6 Å². The topological polar surface area (TPSA) is 83.0 Å². The Hall–Kier alpha value is -3.03. The molecule has 2 heterocycles. The molecule has 0 saturated carbocycles. The van der Waals surface area contributed by atoms with Crippen LogP contribution in [0.25, 0.3) is 11.5 Å². The third-order valence-corrected chi connectivity index (χ3v) is 3.07. The van der Waals surface area contributed by atoms with Crippen molar-refractivity contribution in [2.24, 2.45) is 0 Å². The van der Waals surface area contributed by atoms with Gasteiger partial charge in [0.1, 0.15) is 12.1 Å². The number of aromatic nitrogens is 4. The van der Waals surface area contributed by atoms with Gasteiger partial charge >= 0.3 is 5.97 Å². The molecular weight excluding hydrogens is 303 g/mol. The Morgan fingerprint density at radius 1 is 1.35 bits per heavy atom. The van der Waals surface area contributed by atoms with E-state index in [1.165, 1.54) is 17.0 Å². The first-order chi connectivity index (χ1) is 11.2. The van der Waals surface area contributed by atoms with Crippen molar-refractivity contribution in [1.82, 2.24) is 19.9 Å². The van der Waals surface area contributed by atoms with Crippen molar-refractivity contribution in [3.05, 3.63) is 53.8 Å². The van der Waals surface area contributed by atoms with Crippen LogP contribution in [0.2, 0.25) is 0 Å². The zero-order chi connectivity index (χ0) is 16.2. The molecule has 7 nitrogen and oxygen atoms in total. The Morgan fingerprint density at radius 3 is 2.87 bits per heavy atom. The molecule has 0 spiro atoms. The zero-order valence-corrected chi connectivity index (χ0v) is 12.3. The lowest BCUT2D eigenvalue weighted by Gasteiger charge is -2.06. The number of carbonyl (C=O) groups excluding carboxylic acids is 1. The van der Waals surface area contributed by atoms with Crippen molar-refractivity contribution in [2.45, 2.75) is 13.5 Å². The van der Waals surface area contributed by atoms with Gasteiger partial charge in [-0.3, -0.25) is 0 Å². The van der Waals surface area contributed by atoms with Crippen LogP contribution in [0.1, 0.15) is 23.1 Å². The lowest BCUT2D eigenvalue weighted by atomic mass is 10.2. The fourth-order valence-electron chi connectivity index (χ4n) is 2.02. The second kappa shape index (κ2) is 6.39. The van der Waals surface area contributed by atoms with E-state index in [9.17, 15) is 9.18 Å². The maximum Gasteiger partial charge on any atom is 0.376 e. The van der Waals surface area contributed by atoms with Gasteiger partial charge < -0.3 is 9.26 Å². The summed E-state index contributed by atoms with van der Waals surface area (Å²) >= 11 is 0. The average Bonchev–Trinajstić information content (AvgIpc) is 3.19. The highest BCUT2D eigenvalue weighted by molar-refractivity contribution is 5.86. The Morgan fingerprint density at radius 2 is 2.17 bits per heavy atom. The summed E-state index contributed by atoms with van der Waals surface area (Å²) in [5, 5.41) is 7.94. The van der Waals surface area contributed by atoms with E-state index in [1.807, 2.05) is 0 Å². The van der Waals surface area contributed by atoms with E-state index < -0.39 is 5.97 Å². The molecule has 0 aliphatic carbocycles. The van der Waals surface area contributed by atoms with E-state index in [1.54, 1.807) is 31.2 Å². The molecule has 0 unspecified atom stereocenters. The molecule has 0 atom stereocenters. The molecule has 0 fully saturated rings. The normalized spacial score (nSPS) is 10.7. The molecule has 23 heavy (non-hydrogen) atoms. The third kappa shape index (κ3) is 3.10. The Kier molecular flexibility index (Phi) is 4.13. The maximum absolute atomic E-state index is 13.8. The average molecular weight is 316 g/mol. The molecule has 3 aromatic rings. The SMILES string of the molecule is CCOC(=O)c1nc(-c2ccon2)nn1Cc1ccccc1F. The smallest absolute Gasteiger partial charge is 0.376 e. The molecule has 118 valence electrons. The zero-order valence-electron chi connectivity index (χ0n) is 12.3. The van der Waals surface area contributed by atoms with Crippen molar-refractivity contribution in [2.75, 3.05) is 6.61 Å². The predicted octanol–water partition coefficient (Wildman–Crippen LogP) is 2.30. The molecule has 1 aromatic carbocycles. The largest absolute Gasteiger partial charge is 0.460 e. The molecule has 8 heteroatoms. The van der Waals surface area contributed by atoms with E-state index in [0.29, 0.717) is 11.3 Å². The van der Waals surface area contributed by atoms with Crippen LogP contribution in [0.5, 0.6) is 0 Å². The first kappa shape index (κ1) is 14.9. The minimum atomic E-state index is -0.633. The summed E-state index contributed by atoms with van der Waals surface area (Å²) in [7, 11) is 0. The van der Waals surface area contributed by atoms with Crippen LogP contribution in [0.4, 0.5) is 4.39 Å². The van der Waals surface area contributed by atoms with Crippen LogP contribution in [-0.4, -0.2) is 32.5 Å². The van der Waals surface area contributed by atoms with Gasteiger partial charge in [-0.05, 0) is 13.0 Å². The van der Waals surface area contributed by atoms with Crippen molar-refractivity contribution < 1.29 is 18.4 Å².